The summed E-state index contributed by atoms with van der Waals surface area (Å²) in [6, 6.07) is 8.34. The quantitative estimate of drug-likeness (QED) is 0.908. The Kier molecular flexibility index (Phi) is 3.64. The molecule has 2 aromatic rings. The van der Waals surface area contributed by atoms with Gasteiger partial charge in [0.25, 0.3) is 5.91 Å². The van der Waals surface area contributed by atoms with Gasteiger partial charge in [0.05, 0.1) is 11.7 Å². The number of rotatable bonds is 3. The Labute approximate surface area is 124 Å². The second-order valence-electron chi connectivity index (χ2n) is 5.41. The first kappa shape index (κ1) is 13.7. The number of anilines is 1. The van der Waals surface area contributed by atoms with E-state index >= 15 is 0 Å². The van der Waals surface area contributed by atoms with Crippen molar-refractivity contribution in [2.24, 2.45) is 0 Å². The summed E-state index contributed by atoms with van der Waals surface area (Å²) in [6.45, 7) is 2.66. The molecule has 5 nitrogen and oxygen atoms in total. The molecule has 1 heterocycles. The third-order valence-electron chi connectivity index (χ3n) is 4.00. The van der Waals surface area contributed by atoms with Crippen LogP contribution in [0.4, 0.5) is 5.69 Å². The van der Waals surface area contributed by atoms with Crippen LogP contribution in [0.5, 0.6) is 0 Å². The van der Waals surface area contributed by atoms with Crippen LogP contribution in [0.2, 0.25) is 0 Å². The molecular formula is C16H20N4O. The molecule has 1 aliphatic rings. The zero-order valence-electron chi connectivity index (χ0n) is 12.2. The molecule has 3 N–H and O–H groups in total. The van der Waals surface area contributed by atoms with Crippen LogP contribution in [-0.4, -0.2) is 15.7 Å². The molecule has 1 atom stereocenters. The lowest BCUT2D eigenvalue weighted by Crippen LogP contribution is -2.31. The van der Waals surface area contributed by atoms with Gasteiger partial charge in [-0.2, -0.15) is 5.10 Å². The second-order valence-corrected chi connectivity index (χ2v) is 5.41. The van der Waals surface area contributed by atoms with E-state index in [1.165, 1.54) is 11.1 Å². The van der Waals surface area contributed by atoms with E-state index in [0.717, 1.165) is 19.3 Å². The van der Waals surface area contributed by atoms with Gasteiger partial charge in [-0.05, 0) is 37.3 Å². The number of aromatic nitrogens is 2. The van der Waals surface area contributed by atoms with Crippen molar-refractivity contribution >= 4 is 11.6 Å². The standard InChI is InChI=1S/C16H20N4O/c1-2-20-10-13(17)15(19-20)16(21)18-14-9-5-7-11-6-3-4-8-12(11)14/h3-4,6,8,10,14H,2,5,7,9,17H2,1H3,(H,18,21). The Balaban J connectivity index is 1.81. The number of benzene rings is 1. The van der Waals surface area contributed by atoms with Crippen molar-refractivity contribution < 1.29 is 4.79 Å². The highest BCUT2D eigenvalue weighted by Gasteiger charge is 2.23. The van der Waals surface area contributed by atoms with Gasteiger partial charge in [0.2, 0.25) is 0 Å². The summed E-state index contributed by atoms with van der Waals surface area (Å²) in [7, 11) is 0. The number of nitrogens with zero attached hydrogens (tertiary/aromatic N) is 2. The van der Waals surface area contributed by atoms with Crippen LogP contribution in [0.25, 0.3) is 0 Å². The first-order valence-electron chi connectivity index (χ1n) is 7.40. The molecule has 1 aliphatic carbocycles. The highest BCUT2D eigenvalue weighted by atomic mass is 16.2. The summed E-state index contributed by atoms with van der Waals surface area (Å²) in [5, 5.41) is 7.30. The molecule has 1 aromatic heterocycles. The van der Waals surface area contributed by atoms with Gasteiger partial charge < -0.3 is 11.1 Å². The minimum atomic E-state index is -0.193. The maximum atomic E-state index is 12.4. The second kappa shape index (κ2) is 5.60. The van der Waals surface area contributed by atoms with E-state index in [1.807, 2.05) is 19.1 Å². The topological polar surface area (TPSA) is 72.9 Å². The highest BCUT2D eigenvalue weighted by Crippen LogP contribution is 2.29. The lowest BCUT2D eigenvalue weighted by Gasteiger charge is -2.26. The predicted octanol–water partition coefficient (Wildman–Crippen LogP) is 2.29. The van der Waals surface area contributed by atoms with Crippen molar-refractivity contribution in [1.82, 2.24) is 15.1 Å². The molecule has 1 amide bonds. The Hall–Kier alpha value is -2.30. The van der Waals surface area contributed by atoms with Gasteiger partial charge in [-0.1, -0.05) is 24.3 Å². The van der Waals surface area contributed by atoms with Crippen molar-refractivity contribution in [1.29, 1.82) is 0 Å². The minimum absolute atomic E-state index is 0.0497. The van der Waals surface area contributed by atoms with Gasteiger partial charge in [-0.3, -0.25) is 9.48 Å². The van der Waals surface area contributed by atoms with Crippen LogP contribution in [0.1, 0.15) is 47.4 Å². The molecule has 0 saturated carbocycles. The molecule has 1 unspecified atom stereocenters. The number of hydrogen-bond acceptors (Lipinski definition) is 3. The maximum absolute atomic E-state index is 12.4. The number of amides is 1. The minimum Gasteiger partial charge on any atom is -0.396 e. The third kappa shape index (κ3) is 2.63. The summed E-state index contributed by atoms with van der Waals surface area (Å²) in [5.41, 5.74) is 9.16. The van der Waals surface area contributed by atoms with Crippen LogP contribution >= 0.6 is 0 Å². The average Bonchev–Trinajstić information content (AvgIpc) is 2.89. The summed E-state index contributed by atoms with van der Waals surface area (Å²) in [5.74, 6) is -0.193. The van der Waals surface area contributed by atoms with E-state index in [4.69, 9.17) is 5.73 Å². The average molecular weight is 284 g/mol. The first-order chi connectivity index (χ1) is 10.2. The lowest BCUT2D eigenvalue weighted by atomic mass is 9.87. The number of nitrogen functional groups attached to an aromatic ring is 1. The van der Waals surface area contributed by atoms with Gasteiger partial charge in [-0.25, -0.2) is 0 Å². The molecule has 0 radical (unpaired) electrons. The molecule has 0 bridgehead atoms. The van der Waals surface area contributed by atoms with E-state index in [0.29, 0.717) is 17.9 Å². The summed E-state index contributed by atoms with van der Waals surface area (Å²) in [6.07, 6.45) is 4.82. The van der Waals surface area contributed by atoms with Crippen LogP contribution < -0.4 is 11.1 Å². The van der Waals surface area contributed by atoms with Gasteiger partial charge >= 0.3 is 0 Å². The third-order valence-corrected chi connectivity index (χ3v) is 4.00. The smallest absolute Gasteiger partial charge is 0.274 e. The van der Waals surface area contributed by atoms with Crippen LogP contribution in [0.3, 0.4) is 0 Å². The molecule has 0 fully saturated rings. The molecule has 0 spiro atoms. The number of fused-ring (bicyclic) bond motifs is 1. The lowest BCUT2D eigenvalue weighted by molar-refractivity contribution is 0.0927. The van der Waals surface area contributed by atoms with Gasteiger partial charge in [-0.15, -0.1) is 0 Å². The van der Waals surface area contributed by atoms with Crippen molar-refractivity contribution in [2.75, 3.05) is 5.73 Å². The van der Waals surface area contributed by atoms with E-state index in [-0.39, 0.29) is 11.9 Å². The number of carbonyl (C=O) groups is 1. The number of hydrogen-bond donors (Lipinski definition) is 2. The molecule has 0 saturated heterocycles. The zero-order chi connectivity index (χ0) is 14.8. The number of nitrogens with one attached hydrogen (secondary N) is 1. The molecule has 110 valence electrons. The van der Waals surface area contributed by atoms with Crippen LogP contribution in [0.15, 0.2) is 30.5 Å². The van der Waals surface area contributed by atoms with Crippen LogP contribution in [0, 0.1) is 0 Å². The number of nitrogens with two attached hydrogens (primary N) is 1. The van der Waals surface area contributed by atoms with E-state index < -0.39 is 0 Å². The van der Waals surface area contributed by atoms with Crippen molar-refractivity contribution in [3.05, 3.63) is 47.3 Å². The predicted molar refractivity (Wildman–Crippen MR) is 81.9 cm³/mol. The van der Waals surface area contributed by atoms with E-state index in [1.54, 1.807) is 10.9 Å². The molecular weight excluding hydrogens is 264 g/mol. The normalized spacial score (nSPS) is 17.3. The maximum Gasteiger partial charge on any atom is 0.274 e. The summed E-state index contributed by atoms with van der Waals surface area (Å²) >= 11 is 0. The van der Waals surface area contributed by atoms with E-state index in [9.17, 15) is 4.79 Å². The van der Waals surface area contributed by atoms with Gasteiger partial charge in [0.15, 0.2) is 5.69 Å². The molecule has 1 aromatic carbocycles. The molecule has 21 heavy (non-hydrogen) atoms. The fourth-order valence-electron chi connectivity index (χ4n) is 2.91. The van der Waals surface area contributed by atoms with E-state index in [2.05, 4.69) is 22.5 Å². The van der Waals surface area contributed by atoms with Gasteiger partial charge in [0, 0.05) is 12.7 Å². The SMILES string of the molecule is CCn1cc(N)c(C(=O)NC2CCCc3ccccc32)n1. The number of aryl methyl sites for hydroxylation is 2. The Morgan fingerprint density at radius 2 is 2.29 bits per heavy atom. The van der Waals surface area contributed by atoms with Crippen molar-refractivity contribution in [2.45, 2.75) is 38.8 Å². The Morgan fingerprint density at radius 1 is 1.48 bits per heavy atom. The first-order valence-corrected chi connectivity index (χ1v) is 7.40. The summed E-state index contributed by atoms with van der Waals surface area (Å²) in [4.78, 5) is 12.4. The molecule has 3 rings (SSSR count). The highest BCUT2D eigenvalue weighted by molar-refractivity contribution is 5.97. The Morgan fingerprint density at radius 3 is 3.05 bits per heavy atom. The Bertz CT molecular complexity index is 662. The zero-order valence-corrected chi connectivity index (χ0v) is 12.2. The fraction of sp³-hybridized carbons (Fsp3) is 0.375. The van der Waals surface area contributed by atoms with Gasteiger partial charge in [0.1, 0.15) is 0 Å². The number of carbonyl (C=O) groups excluding carboxylic acids is 1. The molecule has 0 aliphatic heterocycles. The fourth-order valence-corrected chi connectivity index (χ4v) is 2.91. The molecule has 5 heteroatoms. The monoisotopic (exact) mass is 284 g/mol. The largest absolute Gasteiger partial charge is 0.396 e. The van der Waals surface area contributed by atoms with Crippen molar-refractivity contribution in [3.63, 3.8) is 0 Å². The summed E-state index contributed by atoms with van der Waals surface area (Å²) < 4.78 is 1.68. The van der Waals surface area contributed by atoms with Crippen molar-refractivity contribution in [3.8, 4) is 0 Å². The van der Waals surface area contributed by atoms with Crippen LogP contribution in [-0.2, 0) is 13.0 Å².